The smallest absolute Gasteiger partial charge is 0.105 e. The maximum absolute atomic E-state index is 5.52. The van der Waals surface area contributed by atoms with Crippen molar-refractivity contribution in [1.29, 1.82) is 0 Å². The molecule has 0 aliphatic heterocycles. The highest BCUT2D eigenvalue weighted by Crippen LogP contribution is 2.04. The van der Waals surface area contributed by atoms with Gasteiger partial charge in [-0.1, -0.05) is 0 Å². The number of aromatic nitrogens is 2. The molecular formula is C9H11N3O. The summed E-state index contributed by atoms with van der Waals surface area (Å²) in [6, 6.07) is 3.83. The highest BCUT2D eigenvalue weighted by atomic mass is 16.3. The van der Waals surface area contributed by atoms with Crippen LogP contribution >= 0.6 is 0 Å². The topological polar surface area (TPSA) is 57.0 Å². The van der Waals surface area contributed by atoms with Gasteiger partial charge >= 0.3 is 0 Å². The van der Waals surface area contributed by atoms with E-state index in [0.29, 0.717) is 5.69 Å². The average Bonchev–Trinajstić information content (AvgIpc) is 2.71. The minimum atomic E-state index is 0.694. The van der Waals surface area contributed by atoms with Gasteiger partial charge in [0, 0.05) is 19.2 Å². The predicted molar refractivity (Wildman–Crippen MR) is 49.1 cm³/mol. The molecule has 2 heterocycles. The van der Waals surface area contributed by atoms with Crippen LogP contribution in [0.5, 0.6) is 0 Å². The Morgan fingerprint density at radius 3 is 3.08 bits per heavy atom. The average molecular weight is 177 g/mol. The van der Waals surface area contributed by atoms with Gasteiger partial charge in [-0.2, -0.15) is 5.10 Å². The van der Waals surface area contributed by atoms with E-state index in [1.807, 2.05) is 18.3 Å². The molecule has 0 bridgehead atoms. The minimum Gasteiger partial charge on any atom is -0.469 e. The van der Waals surface area contributed by atoms with Gasteiger partial charge in [0.15, 0.2) is 0 Å². The largest absolute Gasteiger partial charge is 0.469 e. The second-order valence-electron chi connectivity index (χ2n) is 2.87. The lowest BCUT2D eigenvalue weighted by atomic mass is 10.3. The Kier molecular flexibility index (Phi) is 2.04. The van der Waals surface area contributed by atoms with Crippen molar-refractivity contribution in [1.82, 2.24) is 9.78 Å². The van der Waals surface area contributed by atoms with Crippen molar-refractivity contribution in [3.8, 4) is 0 Å². The Morgan fingerprint density at radius 1 is 1.54 bits per heavy atom. The van der Waals surface area contributed by atoms with Gasteiger partial charge in [-0.3, -0.25) is 4.68 Å². The number of hydrogen-bond donors (Lipinski definition) is 1. The van der Waals surface area contributed by atoms with Gasteiger partial charge < -0.3 is 10.2 Å². The van der Waals surface area contributed by atoms with E-state index in [9.17, 15) is 0 Å². The van der Waals surface area contributed by atoms with Crippen LogP contribution in [-0.2, 0) is 13.0 Å². The first-order chi connectivity index (χ1) is 6.34. The summed E-state index contributed by atoms with van der Waals surface area (Å²) in [6.07, 6.45) is 5.96. The van der Waals surface area contributed by atoms with Crippen molar-refractivity contribution in [3.63, 3.8) is 0 Å². The number of furan rings is 1. The lowest BCUT2D eigenvalue weighted by Gasteiger charge is -1.97. The third kappa shape index (κ3) is 1.90. The summed E-state index contributed by atoms with van der Waals surface area (Å²) in [4.78, 5) is 0. The molecule has 2 N–H and O–H groups in total. The lowest BCUT2D eigenvalue weighted by molar-refractivity contribution is 0.480. The molecule has 0 unspecified atom stereocenters. The zero-order valence-electron chi connectivity index (χ0n) is 7.18. The van der Waals surface area contributed by atoms with Gasteiger partial charge in [-0.25, -0.2) is 0 Å². The number of aryl methyl sites for hydroxylation is 2. The first-order valence-corrected chi connectivity index (χ1v) is 4.15. The number of rotatable bonds is 3. The van der Waals surface area contributed by atoms with E-state index in [2.05, 4.69) is 5.10 Å². The summed E-state index contributed by atoms with van der Waals surface area (Å²) in [5, 5.41) is 4.07. The van der Waals surface area contributed by atoms with Crippen LogP contribution in [0.25, 0.3) is 0 Å². The standard InChI is InChI=1S/C9H11N3O/c10-8-6-11-12(7-8)4-3-9-2-1-5-13-9/h1-2,5-7H,3-4,10H2. The van der Waals surface area contributed by atoms with Gasteiger partial charge in [0.05, 0.1) is 18.1 Å². The molecule has 4 nitrogen and oxygen atoms in total. The third-order valence-electron chi connectivity index (χ3n) is 1.82. The van der Waals surface area contributed by atoms with Crippen LogP contribution in [0.4, 0.5) is 5.69 Å². The lowest BCUT2D eigenvalue weighted by Crippen LogP contribution is -2.00. The molecule has 0 fully saturated rings. The molecule has 0 amide bonds. The first-order valence-electron chi connectivity index (χ1n) is 4.15. The summed E-state index contributed by atoms with van der Waals surface area (Å²) >= 11 is 0. The summed E-state index contributed by atoms with van der Waals surface area (Å²) in [5.41, 5.74) is 6.21. The number of nitrogens with two attached hydrogens (primary N) is 1. The Morgan fingerprint density at radius 2 is 2.46 bits per heavy atom. The Labute approximate surface area is 76.0 Å². The number of hydrogen-bond acceptors (Lipinski definition) is 3. The van der Waals surface area contributed by atoms with Crippen molar-refractivity contribution in [2.24, 2.45) is 0 Å². The highest BCUT2D eigenvalue weighted by molar-refractivity contribution is 5.30. The summed E-state index contributed by atoms with van der Waals surface area (Å²) in [6.45, 7) is 0.796. The van der Waals surface area contributed by atoms with Crippen LogP contribution in [0.15, 0.2) is 35.2 Å². The van der Waals surface area contributed by atoms with E-state index in [1.54, 1.807) is 17.1 Å². The van der Waals surface area contributed by atoms with E-state index in [-0.39, 0.29) is 0 Å². The molecule has 13 heavy (non-hydrogen) atoms. The van der Waals surface area contributed by atoms with E-state index < -0.39 is 0 Å². The van der Waals surface area contributed by atoms with E-state index in [0.717, 1.165) is 18.7 Å². The molecule has 2 aromatic rings. The molecule has 4 heteroatoms. The molecule has 0 spiro atoms. The van der Waals surface area contributed by atoms with Gasteiger partial charge in [0.1, 0.15) is 5.76 Å². The van der Waals surface area contributed by atoms with Crippen molar-refractivity contribution in [2.45, 2.75) is 13.0 Å². The number of nitrogen functional groups attached to an aromatic ring is 1. The monoisotopic (exact) mass is 177 g/mol. The molecule has 0 aliphatic rings. The fraction of sp³-hybridized carbons (Fsp3) is 0.222. The van der Waals surface area contributed by atoms with Crippen molar-refractivity contribution < 1.29 is 4.42 Å². The second kappa shape index (κ2) is 3.35. The van der Waals surface area contributed by atoms with Gasteiger partial charge in [-0.15, -0.1) is 0 Å². The van der Waals surface area contributed by atoms with Crippen molar-refractivity contribution >= 4 is 5.69 Å². The Hall–Kier alpha value is -1.71. The molecule has 0 saturated heterocycles. The Bertz CT molecular complexity index is 364. The van der Waals surface area contributed by atoms with Crippen molar-refractivity contribution in [2.75, 3.05) is 5.73 Å². The maximum atomic E-state index is 5.52. The summed E-state index contributed by atoms with van der Waals surface area (Å²) in [5.74, 6) is 0.967. The third-order valence-corrected chi connectivity index (χ3v) is 1.82. The fourth-order valence-corrected chi connectivity index (χ4v) is 1.18. The quantitative estimate of drug-likeness (QED) is 0.768. The molecular weight excluding hydrogens is 166 g/mol. The van der Waals surface area contributed by atoms with E-state index >= 15 is 0 Å². The fourth-order valence-electron chi connectivity index (χ4n) is 1.18. The summed E-state index contributed by atoms with van der Waals surface area (Å²) < 4.78 is 6.99. The molecule has 0 radical (unpaired) electrons. The minimum absolute atomic E-state index is 0.694. The highest BCUT2D eigenvalue weighted by Gasteiger charge is 1.97. The van der Waals surface area contributed by atoms with Crippen LogP contribution < -0.4 is 5.73 Å². The van der Waals surface area contributed by atoms with E-state index in [4.69, 9.17) is 10.2 Å². The number of anilines is 1. The Balaban J connectivity index is 1.93. The van der Waals surface area contributed by atoms with Crippen LogP contribution in [0.3, 0.4) is 0 Å². The molecule has 0 aromatic carbocycles. The van der Waals surface area contributed by atoms with Crippen LogP contribution in [-0.4, -0.2) is 9.78 Å². The van der Waals surface area contributed by atoms with Crippen LogP contribution in [0.2, 0.25) is 0 Å². The first kappa shape index (κ1) is 7.91. The van der Waals surface area contributed by atoms with Crippen LogP contribution in [0, 0.1) is 0 Å². The van der Waals surface area contributed by atoms with E-state index in [1.165, 1.54) is 0 Å². The molecule has 68 valence electrons. The second-order valence-corrected chi connectivity index (χ2v) is 2.87. The molecule has 0 aliphatic carbocycles. The molecule has 2 aromatic heterocycles. The maximum Gasteiger partial charge on any atom is 0.105 e. The number of nitrogens with zero attached hydrogens (tertiary/aromatic N) is 2. The zero-order valence-corrected chi connectivity index (χ0v) is 7.18. The summed E-state index contributed by atoms with van der Waals surface area (Å²) in [7, 11) is 0. The zero-order chi connectivity index (χ0) is 9.10. The SMILES string of the molecule is Nc1cnn(CCc2ccco2)c1. The molecule has 0 saturated carbocycles. The predicted octanol–water partition coefficient (Wildman–Crippen LogP) is 1.30. The van der Waals surface area contributed by atoms with Crippen LogP contribution in [0.1, 0.15) is 5.76 Å². The van der Waals surface area contributed by atoms with Gasteiger partial charge in [-0.05, 0) is 12.1 Å². The van der Waals surface area contributed by atoms with Gasteiger partial charge in [0.25, 0.3) is 0 Å². The molecule has 2 rings (SSSR count). The molecule has 0 atom stereocenters. The van der Waals surface area contributed by atoms with Crippen molar-refractivity contribution in [3.05, 3.63) is 36.5 Å². The normalized spacial score (nSPS) is 10.5. The van der Waals surface area contributed by atoms with Gasteiger partial charge in [0.2, 0.25) is 0 Å².